The van der Waals surface area contributed by atoms with E-state index in [0.717, 1.165) is 45.2 Å². The molecule has 0 atom stereocenters. The number of nitrogens with one attached hydrogen (secondary N) is 2. The highest BCUT2D eigenvalue weighted by atomic mass is 32.2. The first-order valence-corrected chi connectivity index (χ1v) is 14.7. The number of ether oxygens (including phenoxy) is 1. The van der Waals surface area contributed by atoms with Crippen LogP contribution < -0.4 is 20.3 Å². The molecule has 0 amide bonds. The number of sulfone groups is 1. The van der Waals surface area contributed by atoms with Crippen LogP contribution in [0.15, 0.2) is 79.0 Å². The average Bonchev–Trinajstić information content (AvgIpc) is 3.26. The quantitative estimate of drug-likeness (QED) is 0.244. The van der Waals surface area contributed by atoms with Gasteiger partial charge in [0.15, 0.2) is 9.84 Å². The van der Waals surface area contributed by atoms with Crippen LogP contribution in [0.1, 0.15) is 11.1 Å². The minimum absolute atomic E-state index is 0.00486. The molecule has 0 aliphatic carbocycles. The van der Waals surface area contributed by atoms with E-state index in [-0.39, 0.29) is 5.75 Å². The van der Waals surface area contributed by atoms with Crippen molar-refractivity contribution in [3.05, 3.63) is 90.1 Å². The second kappa shape index (κ2) is 11.2. The van der Waals surface area contributed by atoms with Gasteiger partial charge in [0.1, 0.15) is 11.6 Å². The van der Waals surface area contributed by atoms with Gasteiger partial charge in [-0.15, -0.1) is 0 Å². The molecule has 0 fully saturated rings. The molecule has 5 aromatic rings. The zero-order valence-corrected chi connectivity index (χ0v) is 23.6. The summed E-state index contributed by atoms with van der Waals surface area (Å²) in [5, 5.41) is 6.61. The van der Waals surface area contributed by atoms with Crippen LogP contribution in [0.25, 0.3) is 11.0 Å². The largest absolute Gasteiger partial charge is 0.497 e. The van der Waals surface area contributed by atoms with Crippen molar-refractivity contribution in [3.8, 4) is 5.75 Å². The van der Waals surface area contributed by atoms with E-state index in [2.05, 4.69) is 20.6 Å². The lowest BCUT2D eigenvalue weighted by Gasteiger charge is -2.19. The summed E-state index contributed by atoms with van der Waals surface area (Å²) in [6.07, 6.45) is 2.92. The van der Waals surface area contributed by atoms with Gasteiger partial charge in [0.05, 0.1) is 23.9 Å². The molecule has 0 aliphatic heterocycles. The molecule has 2 aromatic heterocycles. The lowest BCUT2D eigenvalue weighted by molar-refractivity contribution is 0.414. The van der Waals surface area contributed by atoms with Gasteiger partial charge in [-0.3, -0.25) is 0 Å². The van der Waals surface area contributed by atoms with Crippen molar-refractivity contribution in [1.82, 2.24) is 19.5 Å². The van der Waals surface area contributed by atoms with Gasteiger partial charge in [-0.05, 0) is 59.7 Å². The first kappa shape index (κ1) is 26.9. The van der Waals surface area contributed by atoms with Crippen molar-refractivity contribution in [3.63, 3.8) is 0 Å². The van der Waals surface area contributed by atoms with Crippen molar-refractivity contribution in [2.45, 2.75) is 12.3 Å². The van der Waals surface area contributed by atoms with Crippen LogP contribution in [-0.2, 0) is 29.2 Å². The van der Waals surface area contributed by atoms with Crippen molar-refractivity contribution in [2.24, 2.45) is 7.05 Å². The molecule has 206 valence electrons. The predicted molar refractivity (Wildman–Crippen MR) is 159 cm³/mol. The van der Waals surface area contributed by atoms with Crippen LogP contribution in [0.2, 0.25) is 0 Å². The zero-order chi connectivity index (χ0) is 28.3. The van der Waals surface area contributed by atoms with Gasteiger partial charge in [0, 0.05) is 44.5 Å². The second-order valence-electron chi connectivity index (χ2n) is 9.56. The number of benzene rings is 3. The molecule has 0 unspecified atom stereocenters. The summed E-state index contributed by atoms with van der Waals surface area (Å²) < 4.78 is 30.3. The highest BCUT2D eigenvalue weighted by Gasteiger charge is 2.13. The standard InChI is InChI=1S/C29H31N7O3S/c1-35(27-15-16-30-28(34-27)32-22-9-5-21(6-10-22)19-40(4,37)38)23-11-14-26-25(17-23)33-29(36(26)2)31-18-20-7-12-24(39-3)13-8-20/h5-17H,18-19H2,1-4H3,(H,31,33)(H,30,32,34). The molecular weight excluding hydrogens is 526 g/mol. The zero-order valence-electron chi connectivity index (χ0n) is 22.8. The number of anilines is 5. The van der Waals surface area contributed by atoms with Gasteiger partial charge >= 0.3 is 0 Å². The molecule has 11 heteroatoms. The maximum absolute atomic E-state index is 11.5. The molecule has 0 spiro atoms. The molecule has 2 N–H and O–H groups in total. The highest BCUT2D eigenvalue weighted by molar-refractivity contribution is 7.89. The molecule has 0 radical (unpaired) electrons. The SMILES string of the molecule is COc1ccc(CNc2nc3cc(N(C)c4ccnc(Nc5ccc(CS(C)(=O)=O)cc5)n4)ccc3n2C)cc1. The fourth-order valence-corrected chi connectivity index (χ4v) is 5.12. The van der Waals surface area contributed by atoms with Gasteiger partial charge in [-0.2, -0.15) is 4.98 Å². The molecule has 5 rings (SSSR count). The number of aromatic nitrogens is 4. The Morgan fingerprint density at radius 1 is 0.950 bits per heavy atom. The first-order chi connectivity index (χ1) is 19.2. The predicted octanol–water partition coefficient (Wildman–Crippen LogP) is 5.04. The van der Waals surface area contributed by atoms with E-state index in [4.69, 9.17) is 9.72 Å². The maximum Gasteiger partial charge on any atom is 0.229 e. The maximum atomic E-state index is 11.5. The summed E-state index contributed by atoms with van der Waals surface area (Å²) in [6, 6.07) is 23.1. The fourth-order valence-electron chi connectivity index (χ4n) is 4.32. The minimum Gasteiger partial charge on any atom is -0.497 e. The van der Waals surface area contributed by atoms with Gasteiger partial charge in [0.2, 0.25) is 11.9 Å². The topological polar surface area (TPSA) is 114 Å². The van der Waals surface area contributed by atoms with E-state index in [1.807, 2.05) is 84.2 Å². The molecule has 0 saturated carbocycles. The van der Waals surface area contributed by atoms with E-state index in [0.29, 0.717) is 18.3 Å². The van der Waals surface area contributed by atoms with E-state index >= 15 is 0 Å². The second-order valence-corrected chi connectivity index (χ2v) is 11.7. The summed E-state index contributed by atoms with van der Waals surface area (Å²) >= 11 is 0. The van der Waals surface area contributed by atoms with Crippen LogP contribution in [0, 0.1) is 0 Å². The molecule has 3 aromatic carbocycles. The van der Waals surface area contributed by atoms with E-state index < -0.39 is 9.84 Å². The van der Waals surface area contributed by atoms with Crippen molar-refractivity contribution in [2.75, 3.05) is 35.9 Å². The Morgan fingerprint density at radius 3 is 2.38 bits per heavy atom. The van der Waals surface area contributed by atoms with Gasteiger partial charge in [0.25, 0.3) is 0 Å². The number of nitrogens with zero attached hydrogens (tertiary/aromatic N) is 5. The summed E-state index contributed by atoms with van der Waals surface area (Å²) in [5.41, 5.74) is 5.44. The fraction of sp³-hybridized carbons (Fsp3) is 0.207. The number of methoxy groups -OCH3 is 1. The van der Waals surface area contributed by atoms with Gasteiger partial charge in [-0.25, -0.2) is 18.4 Å². The number of aryl methyl sites for hydroxylation is 1. The smallest absolute Gasteiger partial charge is 0.229 e. The molecule has 0 saturated heterocycles. The Labute approximate surface area is 233 Å². The summed E-state index contributed by atoms with van der Waals surface area (Å²) in [7, 11) is 2.51. The van der Waals surface area contributed by atoms with Gasteiger partial charge in [-0.1, -0.05) is 24.3 Å². The third-order valence-electron chi connectivity index (χ3n) is 6.48. The molecule has 40 heavy (non-hydrogen) atoms. The summed E-state index contributed by atoms with van der Waals surface area (Å²) in [6.45, 7) is 0.644. The van der Waals surface area contributed by atoms with Crippen molar-refractivity contribution >= 4 is 50.0 Å². The Morgan fingerprint density at radius 2 is 1.68 bits per heavy atom. The third-order valence-corrected chi connectivity index (χ3v) is 7.34. The van der Waals surface area contributed by atoms with Crippen LogP contribution in [0.3, 0.4) is 0 Å². The Balaban J connectivity index is 1.29. The number of rotatable bonds is 10. The number of fused-ring (bicyclic) bond motifs is 1. The van der Waals surface area contributed by atoms with Crippen LogP contribution in [-0.4, -0.2) is 48.4 Å². The highest BCUT2D eigenvalue weighted by Crippen LogP contribution is 2.28. The van der Waals surface area contributed by atoms with E-state index in [1.165, 1.54) is 6.26 Å². The van der Waals surface area contributed by atoms with E-state index in [1.54, 1.807) is 25.4 Å². The van der Waals surface area contributed by atoms with Crippen LogP contribution >= 0.6 is 0 Å². The Hall–Kier alpha value is -4.64. The minimum atomic E-state index is -3.09. The average molecular weight is 558 g/mol. The Kier molecular flexibility index (Phi) is 7.56. The molecule has 0 bridgehead atoms. The lowest BCUT2D eigenvalue weighted by Crippen LogP contribution is -2.12. The van der Waals surface area contributed by atoms with Gasteiger partial charge < -0.3 is 24.8 Å². The molecule has 10 nitrogen and oxygen atoms in total. The molecule has 2 heterocycles. The summed E-state index contributed by atoms with van der Waals surface area (Å²) in [5.74, 6) is 2.76. The number of hydrogen-bond acceptors (Lipinski definition) is 9. The first-order valence-electron chi connectivity index (χ1n) is 12.6. The van der Waals surface area contributed by atoms with Crippen LogP contribution in [0.4, 0.5) is 29.1 Å². The number of hydrogen-bond donors (Lipinski definition) is 2. The van der Waals surface area contributed by atoms with Crippen molar-refractivity contribution in [1.29, 1.82) is 0 Å². The van der Waals surface area contributed by atoms with E-state index in [9.17, 15) is 8.42 Å². The lowest BCUT2D eigenvalue weighted by atomic mass is 10.2. The Bertz CT molecular complexity index is 1730. The van der Waals surface area contributed by atoms with Crippen LogP contribution in [0.5, 0.6) is 5.75 Å². The molecule has 0 aliphatic rings. The number of imidazole rings is 1. The monoisotopic (exact) mass is 557 g/mol. The van der Waals surface area contributed by atoms with Crippen molar-refractivity contribution < 1.29 is 13.2 Å². The third kappa shape index (κ3) is 6.32. The summed E-state index contributed by atoms with van der Waals surface area (Å²) in [4.78, 5) is 15.8. The normalized spacial score (nSPS) is 11.4. The molecular formula is C29H31N7O3S.